The number of anilines is 2. The lowest BCUT2D eigenvalue weighted by molar-refractivity contribution is -0.135. The van der Waals surface area contributed by atoms with Crippen LogP contribution in [0, 0.1) is 11.8 Å². The van der Waals surface area contributed by atoms with Crippen LogP contribution in [-0.4, -0.2) is 81.6 Å². The van der Waals surface area contributed by atoms with E-state index in [9.17, 15) is 18.0 Å². The summed E-state index contributed by atoms with van der Waals surface area (Å²) in [4.78, 5) is 32.1. The molecule has 1 saturated heterocycles. The number of rotatable bonds is 15. The van der Waals surface area contributed by atoms with Gasteiger partial charge in [0.25, 0.3) is 0 Å². The van der Waals surface area contributed by atoms with Crippen molar-refractivity contribution in [3.63, 3.8) is 0 Å². The van der Waals surface area contributed by atoms with Gasteiger partial charge >= 0.3 is 0 Å². The summed E-state index contributed by atoms with van der Waals surface area (Å²) >= 11 is 0. The van der Waals surface area contributed by atoms with Crippen molar-refractivity contribution in [3.8, 4) is 0 Å². The number of likely N-dealkylation sites (tertiary alicyclic amines) is 1. The summed E-state index contributed by atoms with van der Waals surface area (Å²) in [6, 6.07) is 29.3. The SMILES string of the molecule is CN(C)CC1CCC(CNc2ccc(CC(NC(=O)C(Cc3ccccc3)S(=O)(=O)Nc3ccc4ccccc4c3)C(=O)N3CCCC3)cc2)CC1. The molecule has 0 aromatic heterocycles. The van der Waals surface area contributed by atoms with Crippen molar-refractivity contribution in [3.05, 3.63) is 108 Å². The van der Waals surface area contributed by atoms with Crippen LogP contribution in [0.15, 0.2) is 97.1 Å². The first-order valence-electron chi connectivity index (χ1n) is 18.7. The molecule has 0 radical (unpaired) electrons. The third kappa shape index (κ3) is 10.1. The molecule has 2 unspecified atom stereocenters. The highest BCUT2D eigenvalue weighted by Gasteiger charge is 2.37. The zero-order chi connectivity index (χ0) is 36.5. The fraction of sp³-hybridized carbons (Fsp3) is 0.429. The predicted molar refractivity (Wildman–Crippen MR) is 211 cm³/mol. The van der Waals surface area contributed by atoms with Gasteiger partial charge in [0.1, 0.15) is 6.04 Å². The first-order valence-corrected chi connectivity index (χ1v) is 20.3. The van der Waals surface area contributed by atoms with Gasteiger partial charge in [-0.25, -0.2) is 8.42 Å². The van der Waals surface area contributed by atoms with Crippen molar-refractivity contribution in [1.29, 1.82) is 0 Å². The van der Waals surface area contributed by atoms with E-state index >= 15 is 0 Å². The number of sulfonamides is 1. The smallest absolute Gasteiger partial charge is 0.245 e. The van der Waals surface area contributed by atoms with E-state index in [1.807, 2.05) is 84.9 Å². The predicted octanol–water partition coefficient (Wildman–Crippen LogP) is 6.32. The molecule has 4 aromatic carbocycles. The first kappa shape index (κ1) is 37.4. The molecule has 2 amide bonds. The Morgan fingerprint density at radius 1 is 0.750 bits per heavy atom. The lowest BCUT2D eigenvalue weighted by atomic mass is 9.82. The molecule has 1 aliphatic heterocycles. The fourth-order valence-corrected chi connectivity index (χ4v) is 9.03. The minimum absolute atomic E-state index is 0.0438. The Balaban J connectivity index is 1.16. The van der Waals surface area contributed by atoms with Gasteiger partial charge in [-0.15, -0.1) is 0 Å². The van der Waals surface area contributed by atoms with Gasteiger partial charge in [-0.1, -0.05) is 72.8 Å². The molecule has 276 valence electrons. The van der Waals surface area contributed by atoms with E-state index in [1.54, 1.807) is 17.0 Å². The number of carbonyl (C=O) groups is 2. The zero-order valence-corrected chi connectivity index (χ0v) is 31.3. The lowest BCUT2D eigenvalue weighted by Crippen LogP contribution is -2.53. The third-order valence-corrected chi connectivity index (χ3v) is 12.2. The van der Waals surface area contributed by atoms with E-state index in [-0.39, 0.29) is 18.7 Å². The largest absolute Gasteiger partial charge is 0.385 e. The monoisotopic (exact) mass is 723 g/mol. The second-order valence-electron chi connectivity index (χ2n) is 14.9. The Hall–Kier alpha value is -4.41. The number of nitrogens with one attached hydrogen (secondary N) is 3. The number of hydrogen-bond donors (Lipinski definition) is 3. The highest BCUT2D eigenvalue weighted by atomic mass is 32.2. The average molecular weight is 724 g/mol. The van der Waals surface area contributed by atoms with E-state index in [1.165, 1.54) is 25.7 Å². The van der Waals surface area contributed by atoms with E-state index in [4.69, 9.17) is 0 Å². The molecule has 2 fully saturated rings. The molecule has 0 bridgehead atoms. The summed E-state index contributed by atoms with van der Waals surface area (Å²) in [5, 5.41) is 6.91. The van der Waals surface area contributed by atoms with Crippen LogP contribution in [0.2, 0.25) is 0 Å². The van der Waals surface area contributed by atoms with E-state index in [0.29, 0.717) is 30.3 Å². The van der Waals surface area contributed by atoms with Gasteiger partial charge in [-0.2, -0.15) is 0 Å². The summed E-state index contributed by atoms with van der Waals surface area (Å²) in [5.41, 5.74) is 3.00. The molecule has 0 spiro atoms. The lowest BCUT2D eigenvalue weighted by Gasteiger charge is -2.30. The van der Waals surface area contributed by atoms with Gasteiger partial charge in [-0.05, 0) is 117 Å². The Kier molecular flexibility index (Phi) is 12.5. The number of fused-ring (bicyclic) bond motifs is 1. The second kappa shape index (κ2) is 17.4. The fourth-order valence-electron chi connectivity index (χ4n) is 7.67. The standard InChI is InChI=1S/C42H53N5O4S/c1-46(2)30-34-16-14-33(15-17-34)29-43-37-21-18-32(19-22-37)26-39(42(49)47-24-8-9-25-47)44-41(48)40(27-31-10-4-3-5-11-31)52(50,51)45-38-23-20-35-12-6-7-13-36(35)28-38/h3-7,10-13,18-23,28,33-34,39-40,43,45H,8-9,14-17,24-27,29-30H2,1-2H3,(H,44,48). The van der Waals surface area contributed by atoms with Crippen molar-refractivity contribution in [2.45, 2.75) is 62.7 Å². The zero-order valence-electron chi connectivity index (χ0n) is 30.5. The Labute approximate surface area is 309 Å². The number of amides is 2. The number of benzene rings is 4. The van der Waals surface area contributed by atoms with Crippen LogP contribution in [0.3, 0.4) is 0 Å². The average Bonchev–Trinajstić information content (AvgIpc) is 3.69. The number of hydrogen-bond acceptors (Lipinski definition) is 6. The third-order valence-electron chi connectivity index (χ3n) is 10.6. The molecule has 3 N–H and O–H groups in total. The minimum Gasteiger partial charge on any atom is -0.385 e. The van der Waals surface area contributed by atoms with Gasteiger partial charge in [0.2, 0.25) is 21.8 Å². The topological polar surface area (TPSA) is 111 Å². The first-order chi connectivity index (χ1) is 25.1. The summed E-state index contributed by atoms with van der Waals surface area (Å²) < 4.78 is 30.8. The quantitative estimate of drug-likeness (QED) is 0.132. The second-order valence-corrected chi connectivity index (χ2v) is 16.8. The van der Waals surface area contributed by atoms with Crippen LogP contribution in [-0.2, 0) is 32.5 Å². The Morgan fingerprint density at radius 3 is 2.06 bits per heavy atom. The molecular weight excluding hydrogens is 671 g/mol. The van der Waals surface area contributed by atoms with Crippen LogP contribution in [0.25, 0.3) is 10.8 Å². The van der Waals surface area contributed by atoms with E-state index < -0.39 is 27.2 Å². The molecule has 2 atom stereocenters. The molecule has 4 aromatic rings. The Morgan fingerprint density at radius 2 is 1.37 bits per heavy atom. The highest BCUT2D eigenvalue weighted by Crippen LogP contribution is 2.29. The van der Waals surface area contributed by atoms with Crippen LogP contribution in [0.5, 0.6) is 0 Å². The molecule has 1 heterocycles. The summed E-state index contributed by atoms with van der Waals surface area (Å²) in [6.45, 7) is 3.35. The number of nitrogens with zero attached hydrogens (tertiary/aromatic N) is 2. The molecule has 1 aliphatic carbocycles. The molecule has 52 heavy (non-hydrogen) atoms. The van der Waals surface area contributed by atoms with E-state index in [2.05, 4.69) is 34.4 Å². The maximum Gasteiger partial charge on any atom is 0.245 e. The Bertz CT molecular complexity index is 1890. The summed E-state index contributed by atoms with van der Waals surface area (Å²) in [6.07, 6.45) is 7.05. The highest BCUT2D eigenvalue weighted by molar-refractivity contribution is 7.94. The van der Waals surface area contributed by atoms with Crippen molar-refractivity contribution in [1.82, 2.24) is 15.1 Å². The van der Waals surface area contributed by atoms with Crippen molar-refractivity contribution in [2.24, 2.45) is 11.8 Å². The molecule has 10 heteroatoms. The van der Waals surface area contributed by atoms with Crippen molar-refractivity contribution in [2.75, 3.05) is 50.3 Å². The van der Waals surface area contributed by atoms with Crippen molar-refractivity contribution >= 4 is 44.0 Å². The molecule has 1 saturated carbocycles. The minimum atomic E-state index is -4.23. The van der Waals surface area contributed by atoms with Gasteiger partial charge in [0.05, 0.1) is 0 Å². The van der Waals surface area contributed by atoms with Gasteiger partial charge < -0.3 is 20.4 Å². The van der Waals surface area contributed by atoms with Gasteiger partial charge in [-0.3, -0.25) is 14.3 Å². The maximum absolute atomic E-state index is 14.2. The normalized spacial score (nSPS) is 18.9. The van der Waals surface area contributed by atoms with Gasteiger partial charge in [0, 0.05) is 44.0 Å². The van der Waals surface area contributed by atoms with Crippen molar-refractivity contribution < 1.29 is 18.0 Å². The van der Waals surface area contributed by atoms with Gasteiger partial charge in [0.15, 0.2) is 5.25 Å². The maximum atomic E-state index is 14.2. The molecule has 6 rings (SSSR count). The molecule has 9 nitrogen and oxygen atoms in total. The van der Waals surface area contributed by atoms with Crippen LogP contribution >= 0.6 is 0 Å². The van der Waals surface area contributed by atoms with E-state index in [0.717, 1.165) is 53.9 Å². The summed E-state index contributed by atoms with van der Waals surface area (Å²) in [7, 11) is 0.0633. The number of carbonyl (C=O) groups excluding carboxylic acids is 2. The van der Waals surface area contributed by atoms with Crippen LogP contribution in [0.1, 0.15) is 49.7 Å². The van der Waals surface area contributed by atoms with Crippen LogP contribution < -0.4 is 15.4 Å². The summed E-state index contributed by atoms with van der Waals surface area (Å²) in [5.74, 6) is 0.563. The molecular formula is C42H53N5O4S. The van der Waals surface area contributed by atoms with Crippen LogP contribution in [0.4, 0.5) is 11.4 Å². The molecule has 2 aliphatic rings.